The van der Waals surface area contributed by atoms with E-state index in [9.17, 15) is 13.2 Å². The smallest absolute Gasteiger partial charge is 0.240 e. The van der Waals surface area contributed by atoms with Crippen molar-refractivity contribution in [1.29, 1.82) is 0 Å². The van der Waals surface area contributed by atoms with Gasteiger partial charge in [-0.2, -0.15) is 0 Å². The fourth-order valence-electron chi connectivity index (χ4n) is 2.95. The molecule has 24 heavy (non-hydrogen) atoms. The number of sulfonamides is 1. The van der Waals surface area contributed by atoms with Crippen LogP contribution >= 0.6 is 0 Å². The molecule has 0 radical (unpaired) electrons. The fraction of sp³-hybridized carbons (Fsp3) is 0.588. The van der Waals surface area contributed by atoms with Crippen molar-refractivity contribution in [3.8, 4) is 0 Å². The number of hydrogen-bond acceptors (Lipinski definition) is 4. The van der Waals surface area contributed by atoms with E-state index in [4.69, 9.17) is 0 Å². The van der Waals surface area contributed by atoms with Crippen LogP contribution in [0.2, 0.25) is 0 Å². The number of likely N-dealkylation sites (tertiary alicyclic amines) is 1. The summed E-state index contributed by atoms with van der Waals surface area (Å²) >= 11 is 0. The molecule has 0 unspecified atom stereocenters. The van der Waals surface area contributed by atoms with E-state index >= 15 is 0 Å². The first-order valence-electron chi connectivity index (χ1n) is 8.49. The maximum atomic E-state index is 12.3. The summed E-state index contributed by atoms with van der Waals surface area (Å²) < 4.78 is 26.3. The van der Waals surface area contributed by atoms with Gasteiger partial charge >= 0.3 is 0 Å². The van der Waals surface area contributed by atoms with Crippen molar-refractivity contribution < 1.29 is 13.2 Å². The van der Waals surface area contributed by atoms with Crippen LogP contribution in [0.3, 0.4) is 0 Å². The number of carbonyl (C=O) groups is 1. The molecule has 0 saturated carbocycles. The van der Waals surface area contributed by atoms with E-state index in [1.807, 2.05) is 0 Å². The van der Waals surface area contributed by atoms with Crippen molar-refractivity contribution in [2.75, 3.05) is 32.0 Å². The van der Waals surface area contributed by atoms with Gasteiger partial charge in [0.2, 0.25) is 15.9 Å². The highest BCUT2D eigenvalue weighted by Crippen LogP contribution is 2.20. The third-order valence-corrected chi connectivity index (χ3v) is 5.90. The van der Waals surface area contributed by atoms with Crippen LogP contribution in [0.4, 0.5) is 5.69 Å². The van der Waals surface area contributed by atoms with Crippen LogP contribution in [-0.2, 0) is 14.8 Å². The first kappa shape index (κ1) is 18.9. The summed E-state index contributed by atoms with van der Waals surface area (Å²) in [4.78, 5) is 14.6. The van der Waals surface area contributed by atoms with Gasteiger partial charge in [-0.1, -0.05) is 25.3 Å². The lowest BCUT2D eigenvalue weighted by atomic mass is 10.1. The second-order valence-corrected chi connectivity index (χ2v) is 8.13. The molecule has 2 N–H and O–H groups in total. The minimum Gasteiger partial charge on any atom is -0.325 e. The topological polar surface area (TPSA) is 78.5 Å². The molecule has 1 saturated heterocycles. The maximum absolute atomic E-state index is 12.3. The highest BCUT2D eigenvalue weighted by Gasteiger charge is 2.17. The van der Waals surface area contributed by atoms with Crippen LogP contribution < -0.4 is 10.0 Å². The first-order chi connectivity index (χ1) is 11.4. The normalized spacial score (nSPS) is 17.1. The molecular formula is C17H27N3O3S. The number of nitrogens with one attached hydrogen (secondary N) is 2. The average molecular weight is 353 g/mol. The first-order valence-corrected chi connectivity index (χ1v) is 9.97. The Balaban J connectivity index is 2.02. The molecule has 1 aliphatic rings. The number of benzene rings is 1. The van der Waals surface area contributed by atoms with E-state index < -0.39 is 10.0 Å². The van der Waals surface area contributed by atoms with Gasteiger partial charge in [-0.05, 0) is 57.6 Å². The minimum atomic E-state index is -3.53. The summed E-state index contributed by atoms with van der Waals surface area (Å²) in [6, 6.07) is 4.94. The molecule has 1 aromatic rings. The zero-order valence-electron chi connectivity index (χ0n) is 14.5. The second kappa shape index (κ2) is 8.60. The maximum Gasteiger partial charge on any atom is 0.240 e. The van der Waals surface area contributed by atoms with Crippen LogP contribution in [0, 0.1) is 6.92 Å². The van der Waals surface area contributed by atoms with E-state index in [0.717, 1.165) is 25.9 Å². The third kappa shape index (κ3) is 5.29. The van der Waals surface area contributed by atoms with Gasteiger partial charge in [0.25, 0.3) is 0 Å². The van der Waals surface area contributed by atoms with E-state index in [1.54, 1.807) is 19.1 Å². The molecule has 134 valence electrons. The van der Waals surface area contributed by atoms with Gasteiger partial charge in [-0.25, -0.2) is 13.1 Å². The molecule has 1 amide bonds. The van der Waals surface area contributed by atoms with Gasteiger partial charge < -0.3 is 5.32 Å². The second-order valence-electron chi connectivity index (χ2n) is 6.28. The summed E-state index contributed by atoms with van der Waals surface area (Å²) in [5, 5.41) is 2.82. The van der Waals surface area contributed by atoms with Crippen LogP contribution in [0.1, 0.15) is 37.7 Å². The summed E-state index contributed by atoms with van der Waals surface area (Å²) in [5.41, 5.74) is 1.15. The highest BCUT2D eigenvalue weighted by atomic mass is 32.2. The highest BCUT2D eigenvalue weighted by molar-refractivity contribution is 7.89. The zero-order chi connectivity index (χ0) is 17.6. The Hall–Kier alpha value is -1.44. The number of nitrogens with zero attached hydrogens (tertiary/aromatic N) is 1. The Morgan fingerprint density at radius 1 is 1.12 bits per heavy atom. The Labute approximate surface area is 144 Å². The number of carbonyl (C=O) groups excluding carboxylic acids is 1. The van der Waals surface area contributed by atoms with Crippen LogP contribution in [0.15, 0.2) is 23.1 Å². The summed E-state index contributed by atoms with van der Waals surface area (Å²) in [6.45, 7) is 3.97. The fourth-order valence-corrected chi connectivity index (χ4v) is 3.95. The zero-order valence-corrected chi connectivity index (χ0v) is 15.3. The lowest BCUT2D eigenvalue weighted by Gasteiger charge is -2.23. The molecular weight excluding hydrogens is 326 g/mol. The monoisotopic (exact) mass is 353 g/mol. The van der Waals surface area contributed by atoms with E-state index in [-0.39, 0.29) is 10.8 Å². The Morgan fingerprint density at radius 2 is 1.75 bits per heavy atom. The van der Waals surface area contributed by atoms with Gasteiger partial charge in [-0.15, -0.1) is 0 Å². The van der Waals surface area contributed by atoms with E-state index in [1.165, 1.54) is 32.4 Å². The van der Waals surface area contributed by atoms with Crippen LogP contribution in [0.5, 0.6) is 0 Å². The molecule has 1 heterocycles. The predicted octanol–water partition coefficient (Wildman–Crippen LogP) is 2.11. The number of amides is 1. The number of hydrogen-bond donors (Lipinski definition) is 2. The minimum absolute atomic E-state index is 0.104. The lowest BCUT2D eigenvalue weighted by molar-refractivity contribution is -0.117. The van der Waals surface area contributed by atoms with Gasteiger partial charge in [0.15, 0.2) is 0 Å². The van der Waals surface area contributed by atoms with Crippen molar-refractivity contribution in [2.24, 2.45) is 0 Å². The Bertz CT molecular complexity index is 666. The summed E-state index contributed by atoms with van der Waals surface area (Å²) in [5.74, 6) is -0.104. The summed E-state index contributed by atoms with van der Waals surface area (Å²) in [6.07, 6.45) is 5.99. The van der Waals surface area contributed by atoms with E-state index in [0.29, 0.717) is 17.8 Å². The largest absolute Gasteiger partial charge is 0.325 e. The quantitative estimate of drug-likeness (QED) is 0.850. The van der Waals surface area contributed by atoms with Crippen molar-refractivity contribution >= 4 is 21.6 Å². The predicted molar refractivity (Wildman–Crippen MR) is 95.6 cm³/mol. The molecule has 0 atom stereocenters. The molecule has 1 fully saturated rings. The lowest BCUT2D eigenvalue weighted by Crippen LogP contribution is -2.35. The molecule has 2 rings (SSSR count). The number of anilines is 1. The van der Waals surface area contributed by atoms with Crippen molar-refractivity contribution in [3.05, 3.63) is 23.8 Å². The molecule has 0 spiro atoms. The van der Waals surface area contributed by atoms with Crippen molar-refractivity contribution in [1.82, 2.24) is 9.62 Å². The Morgan fingerprint density at radius 3 is 2.38 bits per heavy atom. The SMILES string of the molecule is CNS(=O)(=O)c1cc(NC(=O)CN2CCCCCCC2)ccc1C. The van der Waals surface area contributed by atoms with Crippen LogP contribution in [0.25, 0.3) is 0 Å². The van der Waals surface area contributed by atoms with Gasteiger partial charge in [-0.3, -0.25) is 9.69 Å². The van der Waals surface area contributed by atoms with Crippen LogP contribution in [-0.4, -0.2) is 45.9 Å². The van der Waals surface area contributed by atoms with Crippen molar-refractivity contribution in [2.45, 2.75) is 43.9 Å². The molecule has 0 aliphatic carbocycles. The average Bonchev–Trinajstić information content (AvgIpc) is 2.51. The van der Waals surface area contributed by atoms with E-state index in [2.05, 4.69) is 14.9 Å². The molecule has 1 aliphatic heterocycles. The third-order valence-electron chi connectivity index (χ3n) is 4.35. The standard InChI is InChI=1S/C17H27N3O3S/c1-14-8-9-15(12-16(14)24(22,23)18-2)19-17(21)13-20-10-6-4-3-5-7-11-20/h8-9,12,18H,3-7,10-11,13H2,1-2H3,(H,19,21). The van der Waals surface area contributed by atoms with Gasteiger partial charge in [0.1, 0.15) is 0 Å². The summed E-state index contributed by atoms with van der Waals surface area (Å²) in [7, 11) is -2.16. The molecule has 0 aromatic heterocycles. The Kier molecular flexibility index (Phi) is 6.77. The molecule has 1 aromatic carbocycles. The van der Waals surface area contributed by atoms with Crippen molar-refractivity contribution in [3.63, 3.8) is 0 Å². The van der Waals surface area contributed by atoms with Gasteiger partial charge in [0.05, 0.1) is 11.4 Å². The molecule has 0 bridgehead atoms. The molecule has 6 nitrogen and oxygen atoms in total. The molecule has 7 heteroatoms. The van der Waals surface area contributed by atoms with Gasteiger partial charge in [0, 0.05) is 5.69 Å². The number of rotatable bonds is 5. The number of aryl methyl sites for hydroxylation is 1.